The van der Waals surface area contributed by atoms with Crippen LogP contribution in [0.2, 0.25) is 0 Å². The van der Waals surface area contributed by atoms with Crippen LogP contribution in [0.1, 0.15) is 24.0 Å². The van der Waals surface area contributed by atoms with E-state index < -0.39 is 0 Å². The molecule has 0 unspecified atom stereocenters. The molecule has 0 atom stereocenters. The van der Waals surface area contributed by atoms with E-state index in [2.05, 4.69) is 15.8 Å². The maximum absolute atomic E-state index is 12.0. The molecule has 26 heavy (non-hydrogen) atoms. The summed E-state index contributed by atoms with van der Waals surface area (Å²) < 4.78 is 5.14. The Kier molecular flexibility index (Phi) is 7.86. The number of nitrogens with one attached hydrogen (secondary N) is 2. The zero-order valence-corrected chi connectivity index (χ0v) is 14.8. The maximum atomic E-state index is 12.0. The van der Waals surface area contributed by atoms with Gasteiger partial charge in [-0.3, -0.25) is 4.79 Å². The number of anilines is 1. The number of aldehydes is 1. The predicted molar refractivity (Wildman–Crippen MR) is 103 cm³/mol. The van der Waals surface area contributed by atoms with E-state index in [4.69, 9.17) is 4.74 Å². The number of hydrogen-bond acceptors (Lipinski definition) is 5. The van der Waals surface area contributed by atoms with Crippen molar-refractivity contribution >= 4 is 24.1 Å². The zero-order valence-electron chi connectivity index (χ0n) is 14.8. The molecule has 6 nitrogen and oxygen atoms in total. The standard InChI is InChI=1S/C20H23N3O3/c1-26-19-9-5-7-17(13-19)15-22-23-20(25)14-16-6-4-8-18(12-16)21-10-2-3-11-24/h4-9,11-13,15,21H,2-3,10,14H2,1H3,(H,23,25)/b22-15+. The first-order valence-corrected chi connectivity index (χ1v) is 8.43. The summed E-state index contributed by atoms with van der Waals surface area (Å²) in [5.41, 5.74) is 5.19. The van der Waals surface area contributed by atoms with Crippen LogP contribution in [0.5, 0.6) is 5.75 Å². The minimum absolute atomic E-state index is 0.192. The molecule has 0 fully saturated rings. The van der Waals surface area contributed by atoms with E-state index >= 15 is 0 Å². The lowest BCUT2D eigenvalue weighted by Crippen LogP contribution is -2.19. The third-order valence-corrected chi connectivity index (χ3v) is 3.62. The number of amides is 1. The van der Waals surface area contributed by atoms with Gasteiger partial charge in [0.1, 0.15) is 12.0 Å². The average Bonchev–Trinajstić information content (AvgIpc) is 2.66. The molecule has 6 heteroatoms. The smallest absolute Gasteiger partial charge is 0.244 e. The fourth-order valence-electron chi connectivity index (χ4n) is 2.33. The Morgan fingerprint density at radius 1 is 1.19 bits per heavy atom. The topological polar surface area (TPSA) is 79.8 Å². The first kappa shape index (κ1) is 19.2. The second-order valence-electron chi connectivity index (χ2n) is 5.68. The van der Waals surface area contributed by atoms with Gasteiger partial charge in [-0.05, 0) is 41.8 Å². The van der Waals surface area contributed by atoms with E-state index in [0.717, 1.165) is 41.8 Å². The summed E-state index contributed by atoms with van der Waals surface area (Å²) in [6, 6.07) is 15.0. The summed E-state index contributed by atoms with van der Waals surface area (Å²) in [4.78, 5) is 22.3. The number of hydrogen-bond donors (Lipinski definition) is 2. The van der Waals surface area contributed by atoms with E-state index in [0.29, 0.717) is 6.42 Å². The molecular weight excluding hydrogens is 330 g/mol. The normalized spacial score (nSPS) is 10.5. The van der Waals surface area contributed by atoms with E-state index in [1.165, 1.54) is 0 Å². The van der Waals surface area contributed by atoms with Gasteiger partial charge in [-0.15, -0.1) is 0 Å². The highest BCUT2D eigenvalue weighted by molar-refractivity contribution is 5.83. The Morgan fingerprint density at radius 2 is 2.04 bits per heavy atom. The van der Waals surface area contributed by atoms with Crippen molar-refractivity contribution in [2.75, 3.05) is 19.0 Å². The van der Waals surface area contributed by atoms with Crippen LogP contribution in [0.3, 0.4) is 0 Å². The first-order valence-electron chi connectivity index (χ1n) is 8.43. The van der Waals surface area contributed by atoms with Crippen LogP contribution in [0.15, 0.2) is 53.6 Å². The van der Waals surface area contributed by atoms with Gasteiger partial charge in [0.2, 0.25) is 5.91 Å². The summed E-state index contributed by atoms with van der Waals surface area (Å²) in [7, 11) is 1.60. The lowest BCUT2D eigenvalue weighted by Gasteiger charge is -2.07. The predicted octanol–water partition coefficient (Wildman–Crippen LogP) is 2.78. The lowest BCUT2D eigenvalue weighted by atomic mass is 10.1. The minimum Gasteiger partial charge on any atom is -0.497 e. The van der Waals surface area contributed by atoms with Gasteiger partial charge in [-0.25, -0.2) is 5.43 Å². The Balaban J connectivity index is 1.83. The third kappa shape index (κ3) is 6.76. The molecule has 0 heterocycles. The molecule has 2 aromatic rings. The van der Waals surface area contributed by atoms with E-state index in [9.17, 15) is 9.59 Å². The molecule has 2 rings (SSSR count). The van der Waals surface area contributed by atoms with Gasteiger partial charge in [0.15, 0.2) is 0 Å². The van der Waals surface area contributed by atoms with Crippen LogP contribution in [0, 0.1) is 0 Å². The van der Waals surface area contributed by atoms with Crippen molar-refractivity contribution in [1.82, 2.24) is 5.43 Å². The van der Waals surface area contributed by atoms with E-state index in [1.807, 2.05) is 48.5 Å². The molecule has 0 saturated heterocycles. The highest BCUT2D eigenvalue weighted by Crippen LogP contribution is 2.12. The molecule has 2 N–H and O–H groups in total. The number of unbranched alkanes of at least 4 members (excludes halogenated alkanes) is 1. The second-order valence-corrected chi connectivity index (χ2v) is 5.68. The fraction of sp³-hybridized carbons (Fsp3) is 0.250. The lowest BCUT2D eigenvalue weighted by molar-refractivity contribution is -0.120. The van der Waals surface area contributed by atoms with E-state index in [1.54, 1.807) is 13.3 Å². The van der Waals surface area contributed by atoms with E-state index in [-0.39, 0.29) is 12.3 Å². The largest absolute Gasteiger partial charge is 0.497 e. The highest BCUT2D eigenvalue weighted by Gasteiger charge is 2.03. The molecule has 0 aliphatic carbocycles. The molecule has 0 spiro atoms. The molecule has 136 valence electrons. The highest BCUT2D eigenvalue weighted by atomic mass is 16.5. The average molecular weight is 353 g/mol. The first-order chi connectivity index (χ1) is 12.7. The monoisotopic (exact) mass is 353 g/mol. The Labute approximate surface area is 153 Å². The number of hydrazone groups is 1. The number of carbonyl (C=O) groups excluding carboxylic acids is 2. The number of nitrogens with zero attached hydrogens (tertiary/aromatic N) is 1. The Hall–Kier alpha value is -3.15. The zero-order chi connectivity index (χ0) is 18.6. The minimum atomic E-state index is -0.192. The van der Waals surface area contributed by atoms with Crippen molar-refractivity contribution in [3.63, 3.8) is 0 Å². The molecule has 0 bridgehead atoms. The van der Waals surface area contributed by atoms with Crippen molar-refractivity contribution in [2.45, 2.75) is 19.3 Å². The van der Waals surface area contributed by atoms with Crippen LogP contribution in [-0.2, 0) is 16.0 Å². The van der Waals surface area contributed by atoms with Crippen molar-refractivity contribution in [3.8, 4) is 5.75 Å². The van der Waals surface area contributed by atoms with Gasteiger partial charge in [-0.2, -0.15) is 5.10 Å². The van der Waals surface area contributed by atoms with Gasteiger partial charge >= 0.3 is 0 Å². The van der Waals surface area contributed by atoms with Crippen LogP contribution in [0.25, 0.3) is 0 Å². The fourth-order valence-corrected chi connectivity index (χ4v) is 2.33. The van der Waals surface area contributed by atoms with Gasteiger partial charge in [0.25, 0.3) is 0 Å². The Morgan fingerprint density at radius 3 is 2.85 bits per heavy atom. The third-order valence-electron chi connectivity index (χ3n) is 3.62. The van der Waals surface area contributed by atoms with Crippen molar-refractivity contribution in [3.05, 3.63) is 59.7 Å². The summed E-state index contributed by atoms with van der Waals surface area (Å²) in [5.74, 6) is 0.542. The van der Waals surface area contributed by atoms with Crippen LogP contribution >= 0.6 is 0 Å². The summed E-state index contributed by atoms with van der Waals surface area (Å²) >= 11 is 0. The van der Waals surface area contributed by atoms with Gasteiger partial charge in [0, 0.05) is 18.7 Å². The molecule has 0 aliphatic heterocycles. The molecule has 0 radical (unpaired) electrons. The number of methoxy groups -OCH3 is 1. The molecular formula is C20H23N3O3. The number of ether oxygens (including phenoxy) is 1. The number of rotatable bonds is 10. The second kappa shape index (κ2) is 10.7. The van der Waals surface area contributed by atoms with Gasteiger partial charge in [0.05, 0.1) is 19.7 Å². The van der Waals surface area contributed by atoms with Crippen LogP contribution in [-0.4, -0.2) is 32.1 Å². The number of benzene rings is 2. The van der Waals surface area contributed by atoms with Crippen molar-refractivity contribution < 1.29 is 14.3 Å². The van der Waals surface area contributed by atoms with Crippen LogP contribution in [0.4, 0.5) is 5.69 Å². The van der Waals surface area contributed by atoms with Crippen molar-refractivity contribution in [2.24, 2.45) is 5.10 Å². The summed E-state index contributed by atoms with van der Waals surface area (Å²) in [6.07, 6.45) is 4.05. The summed E-state index contributed by atoms with van der Waals surface area (Å²) in [5, 5.41) is 7.21. The molecule has 0 aliphatic rings. The number of carbonyl (C=O) groups is 2. The molecule has 1 amide bonds. The quantitative estimate of drug-likeness (QED) is 0.298. The molecule has 0 aromatic heterocycles. The van der Waals surface area contributed by atoms with Gasteiger partial charge in [-0.1, -0.05) is 24.3 Å². The SMILES string of the molecule is COc1cccc(/C=N/NC(=O)Cc2cccc(NCCCC=O)c2)c1. The summed E-state index contributed by atoms with van der Waals surface area (Å²) in [6.45, 7) is 0.721. The molecule has 0 saturated carbocycles. The maximum Gasteiger partial charge on any atom is 0.244 e. The van der Waals surface area contributed by atoms with Gasteiger partial charge < -0.3 is 14.8 Å². The van der Waals surface area contributed by atoms with Crippen LogP contribution < -0.4 is 15.5 Å². The molecule has 2 aromatic carbocycles. The van der Waals surface area contributed by atoms with Crippen molar-refractivity contribution in [1.29, 1.82) is 0 Å². The Bertz CT molecular complexity index is 759.